The lowest BCUT2D eigenvalue weighted by Gasteiger charge is -2.05. The van der Waals surface area contributed by atoms with Crippen LogP contribution in [0, 0.1) is 0 Å². The summed E-state index contributed by atoms with van der Waals surface area (Å²) >= 11 is 0. The highest BCUT2D eigenvalue weighted by Gasteiger charge is 2.05. The van der Waals surface area contributed by atoms with Crippen LogP contribution in [0.4, 0.5) is 17.1 Å². The molecule has 0 unspecified atom stereocenters. The summed E-state index contributed by atoms with van der Waals surface area (Å²) in [5.74, 6) is -0.380. The largest absolute Gasteiger partial charge is 0.463 e. The average Bonchev–Trinajstić information content (AvgIpc) is 2.80. The van der Waals surface area contributed by atoms with Crippen LogP contribution in [0.15, 0.2) is 76.4 Å². The van der Waals surface area contributed by atoms with Crippen LogP contribution in [0.5, 0.6) is 5.75 Å². The average molecular weight is 409 g/mol. The topological polar surface area (TPSA) is 89.7 Å². The SMILES string of the molecule is C=CC(=O)OCCCCC(=O)Oc1ccc(N=Nc2ccc(N=C)cc2)cc1.CC. The zero-order valence-electron chi connectivity index (χ0n) is 17.4. The van der Waals surface area contributed by atoms with Crippen molar-refractivity contribution in [3.63, 3.8) is 0 Å². The number of unbranched alkanes of at least 4 members (excludes halogenated alkanes) is 1. The molecule has 0 saturated carbocycles. The van der Waals surface area contributed by atoms with Crippen LogP contribution < -0.4 is 4.74 Å². The number of aliphatic imine (C=N–C) groups is 1. The molecule has 30 heavy (non-hydrogen) atoms. The third-order valence-electron chi connectivity index (χ3n) is 3.57. The molecule has 0 N–H and O–H groups in total. The fourth-order valence-electron chi connectivity index (χ4n) is 2.11. The van der Waals surface area contributed by atoms with Crippen LogP contribution in [-0.2, 0) is 14.3 Å². The van der Waals surface area contributed by atoms with Crippen molar-refractivity contribution >= 4 is 35.7 Å². The maximum absolute atomic E-state index is 11.8. The highest BCUT2D eigenvalue weighted by atomic mass is 16.5. The minimum Gasteiger partial charge on any atom is -0.463 e. The zero-order valence-corrected chi connectivity index (χ0v) is 17.4. The minimum absolute atomic E-state index is 0.239. The van der Waals surface area contributed by atoms with E-state index in [0.717, 1.165) is 11.8 Å². The summed E-state index contributed by atoms with van der Waals surface area (Å²) < 4.78 is 10.1. The second-order valence-electron chi connectivity index (χ2n) is 5.67. The molecule has 0 aliphatic heterocycles. The number of esters is 2. The number of nitrogens with zero attached hydrogens (tertiary/aromatic N) is 3. The number of carbonyl (C=O) groups is 2. The third kappa shape index (κ3) is 9.54. The molecule has 7 nitrogen and oxygen atoms in total. The summed E-state index contributed by atoms with van der Waals surface area (Å²) in [5.41, 5.74) is 2.10. The maximum atomic E-state index is 11.8. The van der Waals surface area contributed by atoms with Crippen LogP contribution in [0.2, 0.25) is 0 Å². The van der Waals surface area contributed by atoms with Crippen molar-refractivity contribution in [1.29, 1.82) is 0 Å². The smallest absolute Gasteiger partial charge is 0.330 e. The Bertz CT molecular complexity index is 844. The quantitative estimate of drug-likeness (QED) is 0.116. The Morgan fingerprint density at radius 2 is 1.43 bits per heavy atom. The van der Waals surface area contributed by atoms with E-state index in [0.29, 0.717) is 30.0 Å². The molecule has 0 bridgehead atoms. The van der Waals surface area contributed by atoms with Crippen LogP contribution in [-0.4, -0.2) is 25.3 Å². The van der Waals surface area contributed by atoms with Crippen molar-refractivity contribution in [3.05, 3.63) is 61.2 Å². The van der Waals surface area contributed by atoms with Crippen molar-refractivity contribution in [2.24, 2.45) is 15.2 Å². The number of rotatable bonds is 10. The Hall–Kier alpha value is -3.61. The first-order chi connectivity index (χ1) is 14.6. The van der Waals surface area contributed by atoms with E-state index < -0.39 is 5.97 Å². The minimum atomic E-state index is -0.467. The molecule has 0 spiro atoms. The number of carbonyl (C=O) groups excluding carboxylic acids is 2. The Kier molecular flexibility index (Phi) is 11.7. The summed E-state index contributed by atoms with van der Waals surface area (Å²) in [6, 6.07) is 13.9. The van der Waals surface area contributed by atoms with Gasteiger partial charge in [-0.05, 0) is 68.1 Å². The Morgan fingerprint density at radius 1 is 0.900 bits per heavy atom. The first-order valence-corrected chi connectivity index (χ1v) is 9.69. The zero-order chi connectivity index (χ0) is 22.2. The van der Waals surface area contributed by atoms with Crippen molar-refractivity contribution in [3.8, 4) is 5.75 Å². The van der Waals surface area contributed by atoms with Gasteiger partial charge in [0.1, 0.15) is 5.75 Å². The van der Waals surface area contributed by atoms with Crippen LogP contribution >= 0.6 is 0 Å². The predicted octanol–water partition coefficient (Wildman–Crippen LogP) is 6.27. The van der Waals surface area contributed by atoms with Gasteiger partial charge in [-0.25, -0.2) is 4.79 Å². The standard InChI is InChI=1S/C21H21N3O4.C2H6/c1-3-20(25)27-15-5-4-6-21(26)28-19-13-11-18(12-14-19)24-23-17-9-7-16(22-2)8-10-17;1-2/h3,7-14H,1-2,4-6,15H2;1-2H3. The lowest BCUT2D eigenvalue weighted by molar-refractivity contribution is -0.137. The van der Waals surface area contributed by atoms with Gasteiger partial charge >= 0.3 is 11.9 Å². The fraction of sp³-hybridized carbons (Fsp3) is 0.261. The van der Waals surface area contributed by atoms with Gasteiger partial charge in [0.05, 0.1) is 23.7 Å². The summed E-state index contributed by atoms with van der Waals surface area (Å²) in [4.78, 5) is 26.5. The second kappa shape index (κ2) is 14.4. The molecule has 0 saturated heterocycles. The molecule has 0 aliphatic rings. The summed E-state index contributed by atoms with van der Waals surface area (Å²) in [6.07, 6.45) is 2.49. The molecule has 0 atom stereocenters. The Morgan fingerprint density at radius 3 is 1.97 bits per heavy atom. The van der Waals surface area contributed by atoms with Gasteiger partial charge in [-0.2, -0.15) is 10.2 Å². The van der Waals surface area contributed by atoms with Gasteiger partial charge in [-0.1, -0.05) is 20.4 Å². The molecule has 2 aromatic carbocycles. The second-order valence-corrected chi connectivity index (χ2v) is 5.67. The molecular formula is C23H27N3O4. The van der Waals surface area contributed by atoms with Crippen molar-refractivity contribution in [2.45, 2.75) is 33.1 Å². The lowest BCUT2D eigenvalue weighted by Crippen LogP contribution is -2.08. The molecule has 0 radical (unpaired) electrons. The monoisotopic (exact) mass is 409 g/mol. The normalized spacial score (nSPS) is 9.93. The molecule has 2 rings (SSSR count). The Labute approximate surface area is 177 Å². The molecule has 0 aliphatic carbocycles. The molecule has 2 aromatic rings. The fourth-order valence-corrected chi connectivity index (χ4v) is 2.11. The first-order valence-electron chi connectivity index (χ1n) is 9.69. The van der Waals surface area contributed by atoms with Crippen LogP contribution in [0.1, 0.15) is 33.1 Å². The van der Waals surface area contributed by atoms with E-state index in [4.69, 9.17) is 9.47 Å². The van der Waals surface area contributed by atoms with E-state index in [9.17, 15) is 9.59 Å². The van der Waals surface area contributed by atoms with Gasteiger partial charge in [0, 0.05) is 12.5 Å². The number of benzene rings is 2. The van der Waals surface area contributed by atoms with E-state index in [1.54, 1.807) is 48.5 Å². The van der Waals surface area contributed by atoms with E-state index >= 15 is 0 Å². The van der Waals surface area contributed by atoms with E-state index in [-0.39, 0.29) is 19.0 Å². The highest BCUT2D eigenvalue weighted by molar-refractivity contribution is 5.81. The van der Waals surface area contributed by atoms with Crippen LogP contribution in [0.25, 0.3) is 0 Å². The summed E-state index contributed by atoms with van der Waals surface area (Å²) in [6.45, 7) is 11.0. The lowest BCUT2D eigenvalue weighted by atomic mass is 10.2. The molecule has 158 valence electrons. The molecule has 0 aromatic heterocycles. The third-order valence-corrected chi connectivity index (χ3v) is 3.57. The first kappa shape index (κ1) is 24.4. The number of ether oxygens (including phenoxy) is 2. The maximum Gasteiger partial charge on any atom is 0.330 e. The van der Waals surface area contributed by atoms with Crippen LogP contribution in [0.3, 0.4) is 0 Å². The number of hydrogen-bond donors (Lipinski definition) is 0. The highest BCUT2D eigenvalue weighted by Crippen LogP contribution is 2.23. The Balaban J connectivity index is 0.00000218. The molecule has 0 amide bonds. The van der Waals surface area contributed by atoms with E-state index in [1.807, 2.05) is 13.8 Å². The summed E-state index contributed by atoms with van der Waals surface area (Å²) in [7, 11) is 0. The molecule has 0 heterocycles. The van der Waals surface area contributed by atoms with Crippen molar-refractivity contribution in [1.82, 2.24) is 0 Å². The van der Waals surface area contributed by atoms with E-state index in [1.165, 1.54) is 0 Å². The molecule has 0 fully saturated rings. The van der Waals surface area contributed by atoms with Crippen molar-refractivity contribution < 1.29 is 19.1 Å². The predicted molar refractivity (Wildman–Crippen MR) is 118 cm³/mol. The summed E-state index contributed by atoms with van der Waals surface area (Å²) in [5, 5.41) is 8.27. The van der Waals surface area contributed by atoms with Crippen molar-refractivity contribution in [2.75, 3.05) is 6.61 Å². The van der Waals surface area contributed by atoms with Gasteiger partial charge in [0.15, 0.2) is 0 Å². The number of azo groups is 1. The molecular weight excluding hydrogens is 382 g/mol. The van der Waals surface area contributed by atoms with Gasteiger partial charge in [-0.15, -0.1) is 0 Å². The van der Waals surface area contributed by atoms with Gasteiger partial charge in [0.2, 0.25) is 0 Å². The number of hydrogen-bond acceptors (Lipinski definition) is 7. The van der Waals surface area contributed by atoms with Gasteiger partial charge < -0.3 is 9.47 Å². The van der Waals surface area contributed by atoms with Gasteiger partial charge in [-0.3, -0.25) is 9.79 Å². The van der Waals surface area contributed by atoms with Gasteiger partial charge in [0.25, 0.3) is 0 Å². The van der Waals surface area contributed by atoms with E-state index in [2.05, 4.69) is 28.5 Å². The molecule has 7 heteroatoms.